The zero-order chi connectivity index (χ0) is 18.6. The number of hydrogen-bond donors (Lipinski definition) is 0. The van der Waals surface area contributed by atoms with Gasteiger partial charge in [0, 0.05) is 6.20 Å². The van der Waals surface area contributed by atoms with E-state index >= 15 is 0 Å². The average molecular weight is 349 g/mol. The molecule has 1 aliphatic rings. The molecule has 0 aliphatic heterocycles. The van der Waals surface area contributed by atoms with Crippen LogP contribution in [0.25, 0.3) is 12.2 Å². The number of nitrogens with zero attached hydrogens (tertiary/aromatic N) is 1. The van der Waals surface area contributed by atoms with Crippen LogP contribution in [0, 0.1) is 11.3 Å². The minimum atomic E-state index is -0.277. The van der Waals surface area contributed by atoms with Crippen LogP contribution in [0.2, 0.25) is 0 Å². The van der Waals surface area contributed by atoms with Crippen LogP contribution in [0.3, 0.4) is 0 Å². The molecule has 0 spiro atoms. The van der Waals surface area contributed by atoms with Crippen molar-refractivity contribution in [3.63, 3.8) is 0 Å². The highest BCUT2D eigenvalue weighted by atomic mass is 16.5. The summed E-state index contributed by atoms with van der Waals surface area (Å²) in [7, 11) is 0. The third-order valence-corrected chi connectivity index (χ3v) is 4.91. The normalized spacial score (nSPS) is 22.3. The molecule has 136 valence electrons. The molecule has 1 aromatic heterocycles. The molecule has 0 amide bonds. The van der Waals surface area contributed by atoms with Gasteiger partial charge in [-0.25, -0.2) is 4.79 Å². The van der Waals surface area contributed by atoms with Gasteiger partial charge in [0.25, 0.3) is 0 Å². The summed E-state index contributed by atoms with van der Waals surface area (Å²) in [5, 5.41) is 0. The summed E-state index contributed by atoms with van der Waals surface area (Å²) in [5.41, 5.74) is 2.45. The van der Waals surface area contributed by atoms with Gasteiger partial charge in [0.1, 0.15) is 6.10 Å². The number of benzene rings is 1. The van der Waals surface area contributed by atoms with E-state index in [1.165, 1.54) is 6.42 Å². The topological polar surface area (TPSA) is 39.2 Å². The fourth-order valence-corrected chi connectivity index (χ4v) is 4.03. The molecule has 3 nitrogen and oxygen atoms in total. The van der Waals surface area contributed by atoms with Crippen LogP contribution in [0.5, 0.6) is 0 Å². The Bertz CT molecular complexity index is 780. The first-order chi connectivity index (χ1) is 12.4. The molecular weight excluding hydrogens is 322 g/mol. The number of carbonyl (C=O) groups is 1. The predicted molar refractivity (Wildman–Crippen MR) is 106 cm³/mol. The van der Waals surface area contributed by atoms with Crippen LogP contribution in [0.4, 0.5) is 0 Å². The van der Waals surface area contributed by atoms with E-state index in [9.17, 15) is 4.79 Å². The van der Waals surface area contributed by atoms with Crippen molar-refractivity contribution in [2.24, 2.45) is 11.3 Å². The van der Waals surface area contributed by atoms with Crippen LogP contribution in [0.15, 0.2) is 48.7 Å². The highest BCUT2D eigenvalue weighted by Crippen LogP contribution is 2.39. The number of rotatable bonds is 4. The number of hydrogen-bond acceptors (Lipinski definition) is 3. The fourth-order valence-electron chi connectivity index (χ4n) is 4.03. The summed E-state index contributed by atoms with van der Waals surface area (Å²) < 4.78 is 5.86. The zero-order valence-corrected chi connectivity index (χ0v) is 15.8. The third kappa shape index (κ3) is 4.81. The first kappa shape index (κ1) is 18.4. The maximum Gasteiger partial charge on any atom is 0.340 e. The lowest BCUT2D eigenvalue weighted by molar-refractivity contribution is -0.00719. The van der Waals surface area contributed by atoms with Crippen molar-refractivity contribution in [3.05, 3.63) is 65.5 Å². The van der Waals surface area contributed by atoms with Crippen LogP contribution in [-0.4, -0.2) is 17.1 Å². The molecule has 0 saturated heterocycles. The van der Waals surface area contributed by atoms with Crippen molar-refractivity contribution in [3.8, 4) is 0 Å². The fraction of sp³-hybridized carbons (Fsp3) is 0.391. The van der Waals surface area contributed by atoms with E-state index < -0.39 is 0 Å². The smallest absolute Gasteiger partial charge is 0.340 e. The molecular formula is C23H27NO2. The summed E-state index contributed by atoms with van der Waals surface area (Å²) in [6, 6.07) is 13.6. The Balaban J connectivity index is 1.75. The molecule has 2 unspecified atom stereocenters. The van der Waals surface area contributed by atoms with Gasteiger partial charge in [0.2, 0.25) is 0 Å². The molecule has 3 rings (SSSR count). The second-order valence-electron chi connectivity index (χ2n) is 8.12. The molecule has 1 fully saturated rings. The highest BCUT2D eigenvalue weighted by Gasteiger charge is 2.34. The minimum Gasteiger partial charge on any atom is -0.459 e. The van der Waals surface area contributed by atoms with Crippen molar-refractivity contribution in [2.45, 2.75) is 46.1 Å². The van der Waals surface area contributed by atoms with Crippen LogP contribution in [0.1, 0.15) is 61.6 Å². The summed E-state index contributed by atoms with van der Waals surface area (Å²) >= 11 is 0. The number of esters is 1. The molecule has 1 aliphatic carbocycles. The van der Waals surface area contributed by atoms with Crippen molar-refractivity contribution >= 4 is 18.1 Å². The summed E-state index contributed by atoms with van der Waals surface area (Å²) in [4.78, 5) is 17.1. The summed E-state index contributed by atoms with van der Waals surface area (Å²) in [6.07, 6.45) is 8.55. The van der Waals surface area contributed by atoms with Gasteiger partial charge in [0.15, 0.2) is 0 Å². The Morgan fingerprint density at radius 2 is 1.88 bits per heavy atom. The van der Waals surface area contributed by atoms with E-state index in [-0.39, 0.29) is 17.5 Å². The van der Waals surface area contributed by atoms with E-state index in [0.717, 1.165) is 18.4 Å². The first-order valence-electron chi connectivity index (χ1n) is 9.32. The zero-order valence-electron chi connectivity index (χ0n) is 15.8. The van der Waals surface area contributed by atoms with Gasteiger partial charge in [-0.3, -0.25) is 4.98 Å². The van der Waals surface area contributed by atoms with Crippen molar-refractivity contribution in [1.82, 2.24) is 4.98 Å². The predicted octanol–water partition coefficient (Wildman–Crippen LogP) is 5.62. The van der Waals surface area contributed by atoms with Gasteiger partial charge in [-0.1, -0.05) is 57.2 Å². The Labute approximate surface area is 156 Å². The molecule has 2 aromatic rings. The Kier molecular flexibility index (Phi) is 5.55. The third-order valence-electron chi connectivity index (χ3n) is 4.91. The van der Waals surface area contributed by atoms with Crippen LogP contribution < -0.4 is 0 Å². The van der Waals surface area contributed by atoms with Gasteiger partial charge < -0.3 is 4.74 Å². The minimum absolute atomic E-state index is 0.0209. The lowest BCUT2D eigenvalue weighted by Crippen LogP contribution is -2.34. The van der Waals surface area contributed by atoms with Crippen molar-refractivity contribution in [2.75, 3.05) is 0 Å². The van der Waals surface area contributed by atoms with Gasteiger partial charge in [-0.2, -0.15) is 0 Å². The van der Waals surface area contributed by atoms with Crippen LogP contribution >= 0.6 is 0 Å². The van der Waals surface area contributed by atoms with E-state index in [1.807, 2.05) is 42.5 Å². The molecule has 1 aromatic carbocycles. The molecule has 0 N–H and O–H groups in total. The second-order valence-corrected chi connectivity index (χ2v) is 8.12. The highest BCUT2D eigenvalue weighted by molar-refractivity contribution is 5.94. The average Bonchev–Trinajstić information content (AvgIpc) is 2.59. The SMILES string of the molecule is CC1CC(OC(=O)c2cccnc2/C=C/c2ccccc2)CC(C)(C)C1. The van der Waals surface area contributed by atoms with E-state index in [4.69, 9.17) is 4.74 Å². The van der Waals surface area contributed by atoms with E-state index in [0.29, 0.717) is 17.2 Å². The van der Waals surface area contributed by atoms with Gasteiger partial charge in [-0.05, 0) is 54.4 Å². The summed E-state index contributed by atoms with van der Waals surface area (Å²) in [5.74, 6) is 0.295. The number of carbonyl (C=O) groups excluding carboxylic acids is 1. The van der Waals surface area contributed by atoms with Gasteiger partial charge in [-0.15, -0.1) is 0 Å². The van der Waals surface area contributed by atoms with Crippen molar-refractivity contribution < 1.29 is 9.53 Å². The molecule has 2 atom stereocenters. The monoisotopic (exact) mass is 349 g/mol. The first-order valence-corrected chi connectivity index (χ1v) is 9.32. The molecule has 1 saturated carbocycles. The van der Waals surface area contributed by atoms with Gasteiger partial charge in [0.05, 0.1) is 11.3 Å². The van der Waals surface area contributed by atoms with E-state index in [2.05, 4.69) is 25.8 Å². The molecule has 3 heteroatoms. The summed E-state index contributed by atoms with van der Waals surface area (Å²) in [6.45, 7) is 6.74. The van der Waals surface area contributed by atoms with Crippen LogP contribution in [-0.2, 0) is 4.74 Å². The maximum absolute atomic E-state index is 12.8. The lowest BCUT2D eigenvalue weighted by Gasteiger charge is -2.38. The largest absolute Gasteiger partial charge is 0.459 e. The molecule has 0 radical (unpaired) electrons. The molecule has 26 heavy (non-hydrogen) atoms. The van der Waals surface area contributed by atoms with Gasteiger partial charge >= 0.3 is 5.97 Å². The van der Waals surface area contributed by atoms with Crippen molar-refractivity contribution in [1.29, 1.82) is 0 Å². The second kappa shape index (κ2) is 7.86. The number of pyridine rings is 1. The maximum atomic E-state index is 12.8. The molecule has 1 heterocycles. The van der Waals surface area contributed by atoms with E-state index in [1.54, 1.807) is 18.3 Å². The lowest BCUT2D eigenvalue weighted by atomic mass is 9.71. The quantitative estimate of drug-likeness (QED) is 0.672. The standard InChI is InChI=1S/C23H27NO2/c1-17-14-19(16-23(2,3)15-17)26-22(25)20-10-7-13-24-21(20)12-11-18-8-5-4-6-9-18/h4-13,17,19H,14-16H2,1-3H3/b12-11+. The Hall–Kier alpha value is -2.42. The Morgan fingerprint density at radius 3 is 2.62 bits per heavy atom. The molecule has 0 bridgehead atoms. The number of ether oxygens (including phenoxy) is 1. The number of aromatic nitrogens is 1. The Morgan fingerprint density at radius 1 is 1.12 bits per heavy atom.